The van der Waals surface area contributed by atoms with Gasteiger partial charge >= 0.3 is 0 Å². The summed E-state index contributed by atoms with van der Waals surface area (Å²) >= 11 is 0. The predicted molar refractivity (Wildman–Crippen MR) is 99.6 cm³/mol. The number of aromatic hydroxyl groups is 1. The molecule has 1 heterocycles. The molecular weight excluding hydrogens is 312 g/mol. The summed E-state index contributed by atoms with van der Waals surface area (Å²) in [5.41, 5.74) is 3.64. The van der Waals surface area contributed by atoms with Crippen LogP contribution in [0.15, 0.2) is 42.5 Å². The van der Waals surface area contributed by atoms with Gasteiger partial charge in [-0.1, -0.05) is 42.3 Å². The van der Waals surface area contributed by atoms with Gasteiger partial charge in [-0.2, -0.15) is 0 Å². The Kier molecular flexibility index (Phi) is 5.71. The van der Waals surface area contributed by atoms with E-state index in [0.717, 1.165) is 17.7 Å². The number of aryl methyl sites for hydroxylation is 1. The Bertz CT molecular complexity index is 719. The number of likely N-dealkylation sites (tertiary alicyclic amines) is 1. The highest BCUT2D eigenvalue weighted by Crippen LogP contribution is 2.18. The normalized spacial score (nSPS) is 15.1. The van der Waals surface area contributed by atoms with Gasteiger partial charge in [0.1, 0.15) is 5.75 Å². The van der Waals surface area contributed by atoms with E-state index in [1.807, 2.05) is 6.92 Å². The molecule has 0 aliphatic carbocycles. The molecule has 1 aliphatic heterocycles. The van der Waals surface area contributed by atoms with E-state index in [0.29, 0.717) is 12.1 Å². The van der Waals surface area contributed by atoms with E-state index in [1.165, 1.54) is 37.9 Å². The molecule has 1 amide bonds. The quantitative estimate of drug-likeness (QED) is 0.875. The van der Waals surface area contributed by atoms with Gasteiger partial charge in [-0.25, -0.2) is 0 Å². The number of nitrogens with one attached hydrogen (secondary N) is 1. The molecule has 2 aromatic carbocycles. The lowest BCUT2D eigenvalue weighted by Gasteiger charge is -2.26. The van der Waals surface area contributed by atoms with Gasteiger partial charge < -0.3 is 10.4 Å². The molecule has 2 aromatic rings. The molecule has 25 heavy (non-hydrogen) atoms. The van der Waals surface area contributed by atoms with Crippen LogP contribution in [0.3, 0.4) is 0 Å². The number of phenolic OH excluding ortho intramolecular Hbond substituents is 1. The fourth-order valence-electron chi connectivity index (χ4n) is 3.25. The van der Waals surface area contributed by atoms with Crippen LogP contribution in [-0.2, 0) is 13.1 Å². The zero-order valence-electron chi connectivity index (χ0n) is 14.8. The van der Waals surface area contributed by atoms with E-state index in [-0.39, 0.29) is 11.7 Å². The van der Waals surface area contributed by atoms with Crippen LogP contribution in [-0.4, -0.2) is 29.0 Å². The monoisotopic (exact) mass is 338 g/mol. The minimum Gasteiger partial charge on any atom is -0.507 e. The first-order chi connectivity index (χ1) is 12.1. The lowest BCUT2D eigenvalue weighted by Crippen LogP contribution is -2.29. The topological polar surface area (TPSA) is 52.6 Å². The van der Waals surface area contributed by atoms with Gasteiger partial charge in [-0.05, 0) is 56.1 Å². The van der Waals surface area contributed by atoms with Crippen molar-refractivity contribution in [2.24, 2.45) is 0 Å². The molecule has 1 fully saturated rings. The van der Waals surface area contributed by atoms with Crippen LogP contribution in [0.1, 0.15) is 46.3 Å². The molecule has 0 spiro atoms. The number of piperidine rings is 1. The standard InChI is InChI=1S/C21H26N2O2/c1-16-5-10-20(24)19(13-16)21(25)22-14-17-6-8-18(9-7-17)15-23-11-3-2-4-12-23/h5-10,13,24H,2-4,11-12,14-15H2,1H3,(H,22,25). The van der Waals surface area contributed by atoms with E-state index < -0.39 is 0 Å². The molecule has 1 aliphatic rings. The van der Waals surface area contributed by atoms with Gasteiger partial charge in [0.25, 0.3) is 5.91 Å². The minimum atomic E-state index is -0.251. The summed E-state index contributed by atoms with van der Waals surface area (Å²) in [5.74, 6) is -0.237. The van der Waals surface area contributed by atoms with Crippen molar-refractivity contribution in [1.82, 2.24) is 10.2 Å². The number of phenols is 1. The maximum Gasteiger partial charge on any atom is 0.255 e. The van der Waals surface area contributed by atoms with Crippen molar-refractivity contribution in [3.63, 3.8) is 0 Å². The van der Waals surface area contributed by atoms with Gasteiger partial charge in [0.05, 0.1) is 5.56 Å². The van der Waals surface area contributed by atoms with Crippen molar-refractivity contribution in [2.75, 3.05) is 13.1 Å². The molecule has 4 nitrogen and oxygen atoms in total. The Morgan fingerprint density at radius 3 is 2.44 bits per heavy atom. The maximum absolute atomic E-state index is 12.2. The van der Waals surface area contributed by atoms with Crippen LogP contribution in [0, 0.1) is 6.92 Å². The molecule has 0 aromatic heterocycles. The van der Waals surface area contributed by atoms with E-state index in [2.05, 4.69) is 34.5 Å². The summed E-state index contributed by atoms with van der Waals surface area (Å²) < 4.78 is 0. The van der Waals surface area contributed by atoms with Crippen molar-refractivity contribution in [2.45, 2.75) is 39.3 Å². The van der Waals surface area contributed by atoms with E-state index >= 15 is 0 Å². The number of benzene rings is 2. The van der Waals surface area contributed by atoms with Crippen LogP contribution < -0.4 is 5.32 Å². The fourth-order valence-corrected chi connectivity index (χ4v) is 3.25. The fraction of sp³-hybridized carbons (Fsp3) is 0.381. The largest absolute Gasteiger partial charge is 0.507 e. The van der Waals surface area contributed by atoms with E-state index in [1.54, 1.807) is 18.2 Å². The van der Waals surface area contributed by atoms with Gasteiger partial charge in [-0.15, -0.1) is 0 Å². The van der Waals surface area contributed by atoms with Gasteiger partial charge in [-0.3, -0.25) is 9.69 Å². The summed E-state index contributed by atoms with van der Waals surface area (Å²) in [7, 11) is 0. The number of rotatable bonds is 5. The van der Waals surface area contributed by atoms with Gasteiger partial charge in [0.2, 0.25) is 0 Å². The maximum atomic E-state index is 12.2. The van der Waals surface area contributed by atoms with E-state index in [9.17, 15) is 9.90 Å². The van der Waals surface area contributed by atoms with Crippen molar-refractivity contribution in [1.29, 1.82) is 0 Å². The molecule has 0 bridgehead atoms. The first-order valence-electron chi connectivity index (χ1n) is 9.00. The molecule has 0 unspecified atom stereocenters. The number of hydrogen-bond acceptors (Lipinski definition) is 3. The Morgan fingerprint density at radius 1 is 1.04 bits per heavy atom. The smallest absolute Gasteiger partial charge is 0.255 e. The van der Waals surface area contributed by atoms with Crippen LogP contribution in [0.4, 0.5) is 0 Å². The van der Waals surface area contributed by atoms with Gasteiger partial charge in [0, 0.05) is 13.1 Å². The summed E-state index contributed by atoms with van der Waals surface area (Å²) in [6, 6.07) is 13.4. The van der Waals surface area contributed by atoms with Crippen LogP contribution in [0.25, 0.3) is 0 Å². The highest BCUT2D eigenvalue weighted by Gasteiger charge is 2.12. The Hall–Kier alpha value is -2.33. The third-order valence-electron chi connectivity index (χ3n) is 4.73. The molecule has 1 saturated heterocycles. The average molecular weight is 338 g/mol. The number of carbonyl (C=O) groups is 1. The molecular formula is C21H26N2O2. The first kappa shape index (κ1) is 17.5. The number of hydrogen-bond donors (Lipinski definition) is 2. The molecule has 0 saturated carbocycles. The van der Waals surface area contributed by atoms with Crippen LogP contribution in [0.2, 0.25) is 0 Å². The lowest BCUT2D eigenvalue weighted by atomic mass is 10.1. The van der Waals surface area contributed by atoms with Gasteiger partial charge in [0.15, 0.2) is 0 Å². The highest BCUT2D eigenvalue weighted by atomic mass is 16.3. The van der Waals surface area contributed by atoms with Crippen LogP contribution in [0.5, 0.6) is 5.75 Å². The zero-order valence-corrected chi connectivity index (χ0v) is 14.8. The average Bonchev–Trinajstić information content (AvgIpc) is 2.64. The molecule has 2 N–H and O–H groups in total. The second-order valence-corrected chi connectivity index (χ2v) is 6.86. The molecule has 132 valence electrons. The SMILES string of the molecule is Cc1ccc(O)c(C(=O)NCc2ccc(CN3CCCCC3)cc2)c1. The lowest BCUT2D eigenvalue weighted by molar-refractivity contribution is 0.0948. The summed E-state index contributed by atoms with van der Waals surface area (Å²) in [6.45, 7) is 5.74. The van der Waals surface area contributed by atoms with Crippen molar-refractivity contribution in [3.05, 3.63) is 64.7 Å². The van der Waals surface area contributed by atoms with Crippen molar-refractivity contribution in [3.8, 4) is 5.75 Å². The molecule has 3 rings (SSSR count). The highest BCUT2D eigenvalue weighted by molar-refractivity contribution is 5.96. The Labute approximate surface area is 149 Å². The summed E-state index contributed by atoms with van der Waals surface area (Å²) in [5, 5.41) is 12.7. The number of carbonyl (C=O) groups excluding carboxylic acids is 1. The summed E-state index contributed by atoms with van der Waals surface area (Å²) in [4.78, 5) is 14.7. The first-order valence-corrected chi connectivity index (χ1v) is 9.00. The number of amides is 1. The Morgan fingerprint density at radius 2 is 1.72 bits per heavy atom. The van der Waals surface area contributed by atoms with E-state index in [4.69, 9.17) is 0 Å². The van der Waals surface area contributed by atoms with Crippen molar-refractivity contribution < 1.29 is 9.90 Å². The summed E-state index contributed by atoms with van der Waals surface area (Å²) in [6.07, 6.45) is 3.96. The number of nitrogens with zero attached hydrogens (tertiary/aromatic N) is 1. The molecule has 0 atom stereocenters. The molecule has 4 heteroatoms. The second kappa shape index (κ2) is 8.17. The van der Waals surface area contributed by atoms with Crippen LogP contribution >= 0.6 is 0 Å². The second-order valence-electron chi connectivity index (χ2n) is 6.86. The van der Waals surface area contributed by atoms with Crippen molar-refractivity contribution >= 4 is 5.91 Å². The zero-order chi connectivity index (χ0) is 17.6. The third kappa shape index (κ3) is 4.83. The molecule has 0 radical (unpaired) electrons. The Balaban J connectivity index is 1.54. The third-order valence-corrected chi connectivity index (χ3v) is 4.73. The predicted octanol–water partition coefficient (Wildman–Crippen LogP) is 3.62. The minimum absolute atomic E-state index is 0.0139.